The van der Waals surface area contributed by atoms with Gasteiger partial charge in [0.25, 0.3) is 11.6 Å². The Kier molecular flexibility index (Phi) is 2.95. The predicted molar refractivity (Wildman–Crippen MR) is 63.9 cm³/mol. The Morgan fingerprint density at radius 2 is 2.26 bits per heavy atom. The van der Waals surface area contributed by atoms with Crippen molar-refractivity contribution in [1.82, 2.24) is 9.97 Å². The fourth-order valence-electron chi connectivity index (χ4n) is 1.54. The summed E-state index contributed by atoms with van der Waals surface area (Å²) in [6, 6.07) is 7.38. The molecule has 94 valence electrons. The zero-order valence-electron chi connectivity index (χ0n) is 9.45. The summed E-state index contributed by atoms with van der Waals surface area (Å²) < 4.78 is 0. The maximum Gasteiger partial charge on any atom is 0.270 e. The van der Waals surface area contributed by atoms with Crippen LogP contribution in [0.2, 0.25) is 0 Å². The number of nitrogens with zero attached hydrogens (tertiary/aromatic N) is 3. The average Bonchev–Trinajstić information content (AvgIpc) is 2.83. The van der Waals surface area contributed by atoms with Crippen molar-refractivity contribution in [3.05, 3.63) is 45.8 Å². The van der Waals surface area contributed by atoms with Crippen LogP contribution in [0, 0.1) is 21.4 Å². The molecule has 2 aromatic rings. The number of amides is 1. The lowest BCUT2D eigenvalue weighted by Gasteiger charge is -1.96. The number of non-ortho nitro benzene ring substituents is 1. The van der Waals surface area contributed by atoms with Crippen LogP contribution in [0.3, 0.4) is 0 Å². The minimum atomic E-state index is -0.819. The lowest BCUT2D eigenvalue weighted by atomic mass is 10.2. The first-order valence-corrected chi connectivity index (χ1v) is 5.07. The first kappa shape index (κ1) is 12.3. The van der Waals surface area contributed by atoms with Crippen LogP contribution in [0.4, 0.5) is 5.69 Å². The van der Waals surface area contributed by atoms with Gasteiger partial charge in [-0.05, 0) is 0 Å². The van der Waals surface area contributed by atoms with Gasteiger partial charge in [0.2, 0.25) is 0 Å². The predicted octanol–water partition coefficient (Wildman–Crippen LogP) is 0.955. The van der Waals surface area contributed by atoms with E-state index in [2.05, 4.69) is 9.97 Å². The van der Waals surface area contributed by atoms with Gasteiger partial charge in [-0.15, -0.1) is 0 Å². The minimum Gasteiger partial charge on any atom is -0.364 e. The lowest BCUT2D eigenvalue weighted by molar-refractivity contribution is -0.384. The van der Waals surface area contributed by atoms with E-state index in [-0.39, 0.29) is 22.9 Å². The molecule has 0 saturated heterocycles. The van der Waals surface area contributed by atoms with E-state index in [0.29, 0.717) is 5.56 Å². The molecule has 0 saturated carbocycles. The van der Waals surface area contributed by atoms with Gasteiger partial charge < -0.3 is 10.7 Å². The van der Waals surface area contributed by atoms with Crippen LogP contribution in [0.15, 0.2) is 24.3 Å². The van der Waals surface area contributed by atoms with Crippen LogP contribution < -0.4 is 5.73 Å². The summed E-state index contributed by atoms with van der Waals surface area (Å²) in [4.78, 5) is 27.7. The van der Waals surface area contributed by atoms with Crippen molar-refractivity contribution in [2.45, 2.75) is 0 Å². The first-order valence-electron chi connectivity index (χ1n) is 5.07. The van der Waals surface area contributed by atoms with Crippen LogP contribution in [0.25, 0.3) is 11.4 Å². The van der Waals surface area contributed by atoms with E-state index in [0.717, 1.165) is 0 Å². The van der Waals surface area contributed by atoms with Crippen molar-refractivity contribution in [1.29, 1.82) is 5.26 Å². The molecule has 0 radical (unpaired) electrons. The summed E-state index contributed by atoms with van der Waals surface area (Å²) in [7, 11) is 0. The largest absolute Gasteiger partial charge is 0.364 e. The number of hydrogen-bond donors (Lipinski definition) is 2. The molecule has 1 amide bonds. The summed E-state index contributed by atoms with van der Waals surface area (Å²) in [5.41, 5.74) is 5.09. The van der Waals surface area contributed by atoms with Crippen molar-refractivity contribution in [3.8, 4) is 17.5 Å². The van der Waals surface area contributed by atoms with Gasteiger partial charge in [0.1, 0.15) is 17.6 Å². The van der Waals surface area contributed by atoms with Gasteiger partial charge in [-0.3, -0.25) is 14.9 Å². The molecule has 0 atom stereocenters. The minimum absolute atomic E-state index is 0.118. The Balaban J connectivity index is 2.54. The zero-order valence-corrected chi connectivity index (χ0v) is 9.45. The number of H-pyrrole nitrogens is 1. The molecule has 8 nitrogen and oxygen atoms in total. The summed E-state index contributed by atoms with van der Waals surface area (Å²) in [5, 5.41) is 19.5. The third-order valence-corrected chi connectivity index (χ3v) is 2.39. The molecule has 0 fully saturated rings. The smallest absolute Gasteiger partial charge is 0.270 e. The van der Waals surface area contributed by atoms with E-state index < -0.39 is 10.8 Å². The number of carbonyl (C=O) groups is 1. The average molecular weight is 257 g/mol. The third-order valence-electron chi connectivity index (χ3n) is 2.39. The number of nitro benzene ring substituents is 1. The number of hydrogen-bond acceptors (Lipinski definition) is 5. The standard InChI is InChI=1S/C11H7N5O3/c12-5-8-9(10(13)17)15-11(14-8)6-2-1-3-7(4-6)16(18)19/h1-4H,(H2,13,17)(H,14,15). The number of nitrogens with two attached hydrogens (primary N) is 1. The molecule has 1 aromatic carbocycles. The van der Waals surface area contributed by atoms with Gasteiger partial charge in [-0.1, -0.05) is 12.1 Å². The van der Waals surface area contributed by atoms with E-state index in [1.54, 1.807) is 12.1 Å². The number of carbonyl (C=O) groups excluding carboxylic acids is 1. The number of imidazole rings is 1. The molecule has 3 N–H and O–H groups in total. The fourth-order valence-corrected chi connectivity index (χ4v) is 1.54. The van der Waals surface area contributed by atoms with E-state index in [4.69, 9.17) is 11.0 Å². The van der Waals surface area contributed by atoms with E-state index in [1.807, 2.05) is 0 Å². The molecule has 19 heavy (non-hydrogen) atoms. The third kappa shape index (κ3) is 2.25. The number of nitriles is 1. The summed E-state index contributed by atoms with van der Waals surface area (Å²) in [5.74, 6) is -0.644. The van der Waals surface area contributed by atoms with Gasteiger partial charge >= 0.3 is 0 Å². The Morgan fingerprint density at radius 1 is 1.53 bits per heavy atom. The summed E-state index contributed by atoms with van der Waals surface area (Å²) in [6.07, 6.45) is 0. The Morgan fingerprint density at radius 3 is 2.79 bits per heavy atom. The molecule has 0 spiro atoms. The highest BCUT2D eigenvalue weighted by atomic mass is 16.6. The SMILES string of the molecule is N#Cc1nc(-c2cccc([N+](=O)[O-])c2)[nH]c1C(N)=O. The Labute approximate surface area is 106 Å². The van der Waals surface area contributed by atoms with Gasteiger partial charge in [0, 0.05) is 17.7 Å². The molecule has 0 aliphatic rings. The molecule has 0 aliphatic heterocycles. The topological polar surface area (TPSA) is 139 Å². The van der Waals surface area contributed by atoms with Crippen LogP contribution in [0.1, 0.15) is 16.2 Å². The highest BCUT2D eigenvalue weighted by molar-refractivity contribution is 5.93. The van der Waals surface area contributed by atoms with Crippen LogP contribution in [-0.4, -0.2) is 20.8 Å². The zero-order chi connectivity index (χ0) is 14.0. The van der Waals surface area contributed by atoms with Crippen molar-refractivity contribution in [2.75, 3.05) is 0 Å². The highest BCUT2D eigenvalue weighted by Gasteiger charge is 2.16. The number of nitrogens with one attached hydrogen (secondary N) is 1. The Hall–Kier alpha value is -3.21. The van der Waals surface area contributed by atoms with Crippen molar-refractivity contribution in [3.63, 3.8) is 0 Å². The van der Waals surface area contributed by atoms with Crippen LogP contribution in [-0.2, 0) is 0 Å². The molecule has 0 aliphatic carbocycles. The number of primary amides is 1. The molecule has 0 unspecified atom stereocenters. The van der Waals surface area contributed by atoms with Crippen LogP contribution >= 0.6 is 0 Å². The second kappa shape index (κ2) is 4.58. The molecule has 1 heterocycles. The normalized spacial score (nSPS) is 9.84. The lowest BCUT2D eigenvalue weighted by Crippen LogP contribution is -2.13. The second-order valence-corrected chi connectivity index (χ2v) is 3.59. The van der Waals surface area contributed by atoms with Crippen molar-refractivity contribution >= 4 is 11.6 Å². The monoisotopic (exact) mass is 257 g/mol. The number of benzene rings is 1. The Bertz CT molecular complexity index is 713. The van der Waals surface area contributed by atoms with Crippen molar-refractivity contribution in [2.24, 2.45) is 5.73 Å². The number of aromatic amines is 1. The molecular weight excluding hydrogens is 250 g/mol. The van der Waals surface area contributed by atoms with E-state index in [1.165, 1.54) is 18.2 Å². The van der Waals surface area contributed by atoms with E-state index in [9.17, 15) is 14.9 Å². The maximum atomic E-state index is 11.1. The van der Waals surface area contributed by atoms with Gasteiger partial charge in [0.15, 0.2) is 5.69 Å². The first-order chi connectivity index (χ1) is 9.02. The van der Waals surface area contributed by atoms with E-state index >= 15 is 0 Å². The number of nitro groups is 1. The maximum absolute atomic E-state index is 11.1. The molecule has 8 heteroatoms. The fraction of sp³-hybridized carbons (Fsp3) is 0. The van der Waals surface area contributed by atoms with Gasteiger partial charge in [-0.25, -0.2) is 4.98 Å². The number of aromatic nitrogens is 2. The quantitative estimate of drug-likeness (QED) is 0.622. The van der Waals surface area contributed by atoms with Crippen molar-refractivity contribution < 1.29 is 9.72 Å². The second-order valence-electron chi connectivity index (χ2n) is 3.59. The molecule has 1 aromatic heterocycles. The molecule has 2 rings (SSSR count). The number of rotatable bonds is 3. The summed E-state index contributed by atoms with van der Waals surface area (Å²) in [6.45, 7) is 0. The molecular formula is C11H7N5O3. The van der Waals surface area contributed by atoms with Gasteiger partial charge in [0.05, 0.1) is 4.92 Å². The summed E-state index contributed by atoms with van der Waals surface area (Å²) >= 11 is 0. The highest BCUT2D eigenvalue weighted by Crippen LogP contribution is 2.22. The van der Waals surface area contributed by atoms with Gasteiger partial charge in [-0.2, -0.15) is 5.26 Å². The van der Waals surface area contributed by atoms with Crippen LogP contribution in [0.5, 0.6) is 0 Å². The molecule has 0 bridgehead atoms.